The van der Waals surface area contributed by atoms with Crippen molar-refractivity contribution in [2.45, 2.75) is 26.6 Å². The molecule has 100 valence electrons. The number of ether oxygens (including phenoxy) is 1. The molecular formula is C16H21NOSi. The molecule has 2 nitrogen and oxygen atoms in total. The van der Waals surface area contributed by atoms with Crippen LogP contribution in [0.15, 0.2) is 36.5 Å². The van der Waals surface area contributed by atoms with Crippen LogP contribution in [0.5, 0.6) is 5.75 Å². The predicted molar refractivity (Wildman–Crippen MR) is 83.9 cm³/mol. The van der Waals surface area contributed by atoms with Crippen LogP contribution < -0.4 is 9.92 Å². The first-order valence-electron chi connectivity index (χ1n) is 6.53. The van der Waals surface area contributed by atoms with E-state index in [-0.39, 0.29) is 0 Å². The SMILES string of the molecule is COc1cccc(-c2cc(C)c([Si](C)(C)C)cn2)c1. The fourth-order valence-corrected chi connectivity index (χ4v) is 3.99. The second-order valence-corrected chi connectivity index (χ2v) is 10.9. The van der Waals surface area contributed by atoms with E-state index in [0.29, 0.717) is 0 Å². The summed E-state index contributed by atoms with van der Waals surface area (Å²) in [4.78, 5) is 4.63. The third kappa shape index (κ3) is 3.04. The average Bonchev–Trinajstić information content (AvgIpc) is 2.37. The number of hydrogen-bond donors (Lipinski definition) is 0. The highest BCUT2D eigenvalue weighted by molar-refractivity contribution is 6.89. The van der Waals surface area contributed by atoms with E-state index in [4.69, 9.17) is 4.74 Å². The minimum Gasteiger partial charge on any atom is -0.497 e. The normalized spacial score (nSPS) is 11.4. The number of rotatable bonds is 3. The van der Waals surface area contributed by atoms with Crippen molar-refractivity contribution in [1.29, 1.82) is 0 Å². The second-order valence-electron chi connectivity index (χ2n) is 5.87. The van der Waals surface area contributed by atoms with Crippen molar-refractivity contribution in [3.05, 3.63) is 42.1 Å². The number of aromatic nitrogens is 1. The molecule has 0 bridgehead atoms. The van der Waals surface area contributed by atoms with E-state index in [0.717, 1.165) is 17.0 Å². The molecule has 0 saturated heterocycles. The fraction of sp³-hybridized carbons (Fsp3) is 0.312. The molecule has 0 radical (unpaired) electrons. The van der Waals surface area contributed by atoms with Gasteiger partial charge in [-0.1, -0.05) is 31.8 Å². The molecule has 0 fully saturated rings. The molecule has 0 aliphatic heterocycles. The third-order valence-corrected chi connectivity index (χ3v) is 5.42. The monoisotopic (exact) mass is 271 g/mol. The van der Waals surface area contributed by atoms with E-state index >= 15 is 0 Å². The molecule has 2 aromatic rings. The summed E-state index contributed by atoms with van der Waals surface area (Å²) in [5.74, 6) is 0.867. The zero-order valence-corrected chi connectivity index (χ0v) is 13.3. The van der Waals surface area contributed by atoms with E-state index in [2.05, 4.69) is 49.9 Å². The molecule has 2 rings (SSSR count). The van der Waals surface area contributed by atoms with Crippen molar-refractivity contribution >= 4 is 13.3 Å². The van der Waals surface area contributed by atoms with Gasteiger partial charge in [-0.15, -0.1) is 0 Å². The summed E-state index contributed by atoms with van der Waals surface area (Å²) in [6.07, 6.45) is 2.05. The van der Waals surface area contributed by atoms with Crippen LogP contribution in [-0.4, -0.2) is 20.2 Å². The molecule has 0 amide bonds. The highest BCUT2D eigenvalue weighted by Gasteiger charge is 2.19. The molecule has 1 heterocycles. The van der Waals surface area contributed by atoms with Crippen LogP contribution in [0.25, 0.3) is 11.3 Å². The van der Waals surface area contributed by atoms with E-state index in [1.54, 1.807) is 7.11 Å². The zero-order valence-electron chi connectivity index (χ0n) is 12.3. The van der Waals surface area contributed by atoms with Crippen LogP contribution in [0.4, 0.5) is 0 Å². The number of aryl methyl sites for hydroxylation is 1. The van der Waals surface area contributed by atoms with Gasteiger partial charge in [0.2, 0.25) is 0 Å². The molecule has 19 heavy (non-hydrogen) atoms. The van der Waals surface area contributed by atoms with Gasteiger partial charge >= 0.3 is 0 Å². The fourth-order valence-electron chi connectivity index (χ4n) is 2.28. The molecule has 3 heteroatoms. The molecule has 0 N–H and O–H groups in total. The minimum absolute atomic E-state index is 0.867. The van der Waals surface area contributed by atoms with Gasteiger partial charge < -0.3 is 4.74 Å². The smallest absolute Gasteiger partial charge is 0.119 e. The highest BCUT2D eigenvalue weighted by Crippen LogP contribution is 2.22. The Balaban J connectivity index is 2.44. The Kier molecular flexibility index (Phi) is 3.76. The maximum absolute atomic E-state index is 5.26. The maximum atomic E-state index is 5.26. The topological polar surface area (TPSA) is 22.1 Å². The van der Waals surface area contributed by atoms with Crippen molar-refractivity contribution < 1.29 is 4.74 Å². The van der Waals surface area contributed by atoms with Crippen molar-refractivity contribution in [3.63, 3.8) is 0 Å². The Morgan fingerprint density at radius 3 is 2.42 bits per heavy atom. The van der Waals surface area contributed by atoms with Gasteiger partial charge in [-0.05, 0) is 35.9 Å². The highest BCUT2D eigenvalue weighted by atomic mass is 28.3. The molecule has 0 unspecified atom stereocenters. The average molecular weight is 271 g/mol. The summed E-state index contributed by atoms with van der Waals surface area (Å²) < 4.78 is 5.26. The van der Waals surface area contributed by atoms with E-state index in [1.165, 1.54) is 10.8 Å². The predicted octanol–water partition coefficient (Wildman–Crippen LogP) is 3.61. The quantitative estimate of drug-likeness (QED) is 0.796. The van der Waals surface area contributed by atoms with Gasteiger partial charge in [0.05, 0.1) is 20.9 Å². The lowest BCUT2D eigenvalue weighted by atomic mass is 10.1. The first kappa shape index (κ1) is 13.8. The summed E-state index contributed by atoms with van der Waals surface area (Å²) in [7, 11) is 0.380. The lowest BCUT2D eigenvalue weighted by Crippen LogP contribution is -2.39. The number of hydrogen-bond acceptors (Lipinski definition) is 2. The van der Waals surface area contributed by atoms with Crippen LogP contribution in [0.2, 0.25) is 19.6 Å². The molecular weight excluding hydrogens is 250 g/mol. The number of benzene rings is 1. The summed E-state index contributed by atoms with van der Waals surface area (Å²) in [6.45, 7) is 9.23. The van der Waals surface area contributed by atoms with Crippen LogP contribution >= 0.6 is 0 Å². The summed E-state index contributed by atoms with van der Waals surface area (Å²) in [6, 6.07) is 10.2. The minimum atomic E-state index is -1.31. The van der Waals surface area contributed by atoms with E-state index < -0.39 is 8.07 Å². The molecule has 1 aromatic heterocycles. The maximum Gasteiger partial charge on any atom is 0.119 e. The van der Waals surface area contributed by atoms with E-state index in [1.807, 2.05) is 18.2 Å². The number of pyridine rings is 1. The van der Waals surface area contributed by atoms with Crippen molar-refractivity contribution in [2.24, 2.45) is 0 Å². The first-order chi connectivity index (χ1) is 8.91. The van der Waals surface area contributed by atoms with Crippen molar-refractivity contribution in [1.82, 2.24) is 4.98 Å². The van der Waals surface area contributed by atoms with Gasteiger partial charge in [-0.3, -0.25) is 4.98 Å². The van der Waals surface area contributed by atoms with Crippen LogP contribution in [0.1, 0.15) is 5.56 Å². The van der Waals surface area contributed by atoms with Gasteiger partial charge in [0.25, 0.3) is 0 Å². The van der Waals surface area contributed by atoms with Crippen molar-refractivity contribution in [3.8, 4) is 17.0 Å². The van der Waals surface area contributed by atoms with Gasteiger partial charge in [-0.25, -0.2) is 0 Å². The number of methoxy groups -OCH3 is 1. The van der Waals surface area contributed by atoms with Gasteiger partial charge in [0, 0.05) is 11.8 Å². The lowest BCUT2D eigenvalue weighted by molar-refractivity contribution is 0.415. The Bertz CT molecular complexity index is 588. The van der Waals surface area contributed by atoms with Gasteiger partial charge in [-0.2, -0.15) is 0 Å². The standard InChI is InChI=1S/C16H21NOSi/c1-12-9-15(17-11-16(12)19(3,4)5)13-7-6-8-14(10-13)18-2/h6-11H,1-5H3. The van der Waals surface area contributed by atoms with Gasteiger partial charge in [0.1, 0.15) is 5.75 Å². The third-order valence-electron chi connectivity index (χ3n) is 3.28. The lowest BCUT2D eigenvalue weighted by Gasteiger charge is -2.19. The number of nitrogens with zero attached hydrogens (tertiary/aromatic N) is 1. The molecule has 0 aliphatic carbocycles. The first-order valence-corrected chi connectivity index (χ1v) is 10.0. The Morgan fingerprint density at radius 1 is 1.11 bits per heavy atom. The summed E-state index contributed by atoms with van der Waals surface area (Å²) >= 11 is 0. The van der Waals surface area contributed by atoms with Gasteiger partial charge in [0.15, 0.2) is 0 Å². The molecule has 0 saturated carbocycles. The molecule has 0 atom stereocenters. The van der Waals surface area contributed by atoms with E-state index in [9.17, 15) is 0 Å². The Labute approximate surface area is 116 Å². The van der Waals surface area contributed by atoms with Crippen LogP contribution in [0.3, 0.4) is 0 Å². The summed E-state index contributed by atoms with van der Waals surface area (Å²) in [5, 5.41) is 1.43. The van der Waals surface area contributed by atoms with Crippen molar-refractivity contribution in [2.75, 3.05) is 7.11 Å². The molecule has 0 aliphatic rings. The Hall–Kier alpha value is -1.61. The second kappa shape index (κ2) is 5.17. The molecule has 1 aromatic carbocycles. The summed E-state index contributed by atoms with van der Waals surface area (Å²) in [5.41, 5.74) is 3.45. The molecule has 0 spiro atoms. The largest absolute Gasteiger partial charge is 0.497 e. The van der Waals surface area contributed by atoms with Crippen LogP contribution in [-0.2, 0) is 0 Å². The Morgan fingerprint density at radius 2 is 1.84 bits per heavy atom. The van der Waals surface area contributed by atoms with Crippen LogP contribution in [0, 0.1) is 6.92 Å². The zero-order chi connectivity index (χ0) is 14.0.